The fourth-order valence-corrected chi connectivity index (χ4v) is 9.80. The molecule has 0 aliphatic carbocycles. The number of benzene rings is 10. The summed E-state index contributed by atoms with van der Waals surface area (Å²) in [6.45, 7) is 8.03. The molecule has 60 heavy (non-hydrogen) atoms. The molecular weight excluding hydrogens is 725 g/mol. The van der Waals surface area contributed by atoms with Crippen molar-refractivity contribution >= 4 is 88.1 Å². The van der Waals surface area contributed by atoms with Crippen LogP contribution in [0.3, 0.4) is 0 Å². The van der Waals surface area contributed by atoms with Gasteiger partial charge in [0.05, 0.1) is 22.1 Å². The van der Waals surface area contributed by atoms with Crippen LogP contribution in [-0.2, 0) is 0 Å². The molecule has 2 heterocycles. The monoisotopic (exact) mass is 762 g/mol. The van der Waals surface area contributed by atoms with Gasteiger partial charge in [-0.1, -0.05) is 147 Å². The van der Waals surface area contributed by atoms with E-state index in [-0.39, 0.29) is 0 Å². The molecule has 0 fully saturated rings. The van der Waals surface area contributed by atoms with Crippen molar-refractivity contribution in [3.05, 3.63) is 218 Å². The van der Waals surface area contributed by atoms with Gasteiger partial charge in [-0.2, -0.15) is 0 Å². The van der Waals surface area contributed by atoms with E-state index in [1.54, 1.807) is 0 Å². The molecule has 0 aliphatic heterocycles. The SMILES string of the molecule is C=Cc1ccc2c(c1)c1ccccc1n2-c1ccc(-c2cc3c4ccccc4c(-c4ccc(-n5c6ccccc6c6cc(C=C)ccc65)cc4)cc3c3ccccc23)cc1. The van der Waals surface area contributed by atoms with Crippen LogP contribution < -0.4 is 0 Å². The van der Waals surface area contributed by atoms with E-state index in [2.05, 4.69) is 216 Å². The molecule has 0 saturated carbocycles. The Morgan fingerprint density at radius 3 is 1.03 bits per heavy atom. The van der Waals surface area contributed by atoms with Gasteiger partial charge in [0.1, 0.15) is 0 Å². The zero-order valence-electron chi connectivity index (χ0n) is 32.9. The van der Waals surface area contributed by atoms with Crippen molar-refractivity contribution in [2.75, 3.05) is 0 Å². The van der Waals surface area contributed by atoms with Gasteiger partial charge in [0, 0.05) is 32.9 Å². The molecule has 280 valence electrons. The van der Waals surface area contributed by atoms with Crippen molar-refractivity contribution in [3.63, 3.8) is 0 Å². The summed E-state index contributed by atoms with van der Waals surface area (Å²) in [5.74, 6) is 0. The minimum absolute atomic E-state index is 1.12. The van der Waals surface area contributed by atoms with Crippen molar-refractivity contribution in [3.8, 4) is 33.6 Å². The predicted octanol–water partition coefficient (Wildman–Crippen LogP) is 16.0. The van der Waals surface area contributed by atoms with Gasteiger partial charge in [0.2, 0.25) is 0 Å². The summed E-state index contributed by atoms with van der Waals surface area (Å²) in [5, 5.41) is 12.5. The van der Waals surface area contributed by atoms with Crippen LogP contribution in [0.5, 0.6) is 0 Å². The maximum atomic E-state index is 4.02. The van der Waals surface area contributed by atoms with Crippen LogP contribution in [-0.4, -0.2) is 9.13 Å². The second-order valence-corrected chi connectivity index (χ2v) is 15.8. The van der Waals surface area contributed by atoms with E-state index < -0.39 is 0 Å². The highest BCUT2D eigenvalue weighted by Crippen LogP contribution is 2.43. The highest BCUT2D eigenvalue weighted by molar-refractivity contribution is 6.24. The van der Waals surface area contributed by atoms with Crippen molar-refractivity contribution < 1.29 is 0 Å². The second-order valence-electron chi connectivity index (χ2n) is 15.8. The lowest BCUT2D eigenvalue weighted by Gasteiger charge is -2.17. The van der Waals surface area contributed by atoms with E-state index in [4.69, 9.17) is 0 Å². The Kier molecular flexibility index (Phi) is 7.57. The molecule has 0 amide bonds. The van der Waals surface area contributed by atoms with Crippen LogP contribution in [0.1, 0.15) is 11.1 Å². The van der Waals surface area contributed by atoms with Crippen LogP contribution >= 0.6 is 0 Å². The third-order valence-corrected chi connectivity index (χ3v) is 12.6. The lowest BCUT2D eigenvalue weighted by atomic mass is 9.87. The lowest BCUT2D eigenvalue weighted by Crippen LogP contribution is -1.94. The van der Waals surface area contributed by atoms with Gasteiger partial charge in [-0.3, -0.25) is 0 Å². The number of rotatable bonds is 6. The first-order chi connectivity index (χ1) is 29.7. The molecule has 12 aromatic rings. The molecular formula is C58H38N2. The Balaban J connectivity index is 0.994. The number of fused-ring (bicyclic) bond motifs is 11. The quantitative estimate of drug-likeness (QED) is 0.149. The van der Waals surface area contributed by atoms with E-state index in [0.717, 1.165) is 22.5 Å². The molecule has 0 saturated heterocycles. The summed E-state index contributed by atoms with van der Waals surface area (Å²) in [5.41, 5.74) is 14.2. The van der Waals surface area contributed by atoms with Crippen molar-refractivity contribution in [1.82, 2.24) is 9.13 Å². The van der Waals surface area contributed by atoms with Crippen LogP contribution in [0.2, 0.25) is 0 Å². The topological polar surface area (TPSA) is 9.86 Å². The number of para-hydroxylation sites is 2. The highest BCUT2D eigenvalue weighted by Gasteiger charge is 2.17. The normalized spacial score (nSPS) is 11.8. The van der Waals surface area contributed by atoms with Gasteiger partial charge in [0.25, 0.3) is 0 Å². The zero-order valence-corrected chi connectivity index (χ0v) is 32.9. The average Bonchev–Trinajstić information content (AvgIpc) is 3.83. The maximum Gasteiger partial charge on any atom is 0.0541 e. The number of hydrogen-bond acceptors (Lipinski definition) is 0. The summed E-state index contributed by atoms with van der Waals surface area (Å²) in [4.78, 5) is 0. The first-order valence-corrected chi connectivity index (χ1v) is 20.6. The molecule has 0 atom stereocenters. The molecule has 0 bridgehead atoms. The number of aromatic nitrogens is 2. The fraction of sp³-hybridized carbons (Fsp3) is 0. The summed E-state index contributed by atoms with van der Waals surface area (Å²) >= 11 is 0. The standard InChI is InChI=1S/C58H38N2/c1-3-37-21-31-57-53(33-37)47-17-9-11-19-55(47)59(57)41-27-23-39(24-28-41)49-35-51-46-16-8-6-14-44(46)50(36-52(51)45-15-7-5-13-43(45)49)40-25-29-42(30-26-40)60-56-20-12-10-18-48(56)54-34-38(4-2)22-32-58(54)60/h3-36H,1-2H2. The Labute approximate surface area is 347 Å². The second kappa shape index (κ2) is 13.3. The Morgan fingerprint density at radius 1 is 0.283 bits per heavy atom. The van der Waals surface area contributed by atoms with E-state index in [0.29, 0.717) is 0 Å². The van der Waals surface area contributed by atoms with Crippen molar-refractivity contribution in [1.29, 1.82) is 0 Å². The highest BCUT2D eigenvalue weighted by atomic mass is 15.0. The Bertz CT molecular complexity index is 3480. The van der Waals surface area contributed by atoms with Crippen molar-refractivity contribution in [2.24, 2.45) is 0 Å². The molecule has 12 rings (SSSR count). The first kappa shape index (κ1) is 34.1. The predicted molar refractivity (Wildman–Crippen MR) is 259 cm³/mol. The summed E-state index contributed by atoms with van der Waals surface area (Å²) in [6, 6.07) is 71.4. The summed E-state index contributed by atoms with van der Waals surface area (Å²) < 4.78 is 4.76. The zero-order chi connectivity index (χ0) is 39.9. The largest absolute Gasteiger partial charge is 0.309 e. The number of hydrogen-bond donors (Lipinski definition) is 0. The smallest absolute Gasteiger partial charge is 0.0541 e. The Morgan fingerprint density at radius 2 is 0.633 bits per heavy atom. The van der Waals surface area contributed by atoms with E-state index in [1.165, 1.54) is 98.2 Å². The summed E-state index contributed by atoms with van der Waals surface area (Å²) in [7, 11) is 0. The number of nitrogens with zero attached hydrogens (tertiary/aromatic N) is 2. The van der Waals surface area contributed by atoms with Gasteiger partial charge in [-0.05, 0) is 138 Å². The Hall–Kier alpha value is -7.94. The van der Waals surface area contributed by atoms with Crippen LogP contribution in [0.15, 0.2) is 207 Å². The van der Waals surface area contributed by atoms with E-state index in [9.17, 15) is 0 Å². The molecule has 0 unspecified atom stereocenters. The van der Waals surface area contributed by atoms with Gasteiger partial charge in [-0.15, -0.1) is 0 Å². The summed E-state index contributed by atoms with van der Waals surface area (Å²) in [6.07, 6.45) is 3.84. The third kappa shape index (κ3) is 5.08. The molecule has 2 nitrogen and oxygen atoms in total. The minimum atomic E-state index is 1.12. The molecule has 2 aromatic heterocycles. The molecule has 0 N–H and O–H groups in total. The fourth-order valence-electron chi connectivity index (χ4n) is 9.80. The van der Waals surface area contributed by atoms with Gasteiger partial charge < -0.3 is 9.13 Å². The van der Waals surface area contributed by atoms with Gasteiger partial charge in [0.15, 0.2) is 0 Å². The lowest BCUT2D eigenvalue weighted by molar-refractivity contribution is 1.18. The molecule has 0 radical (unpaired) electrons. The average molecular weight is 763 g/mol. The first-order valence-electron chi connectivity index (χ1n) is 20.6. The molecule has 0 spiro atoms. The maximum absolute atomic E-state index is 4.02. The minimum Gasteiger partial charge on any atom is -0.309 e. The van der Waals surface area contributed by atoms with Crippen LogP contribution in [0.4, 0.5) is 0 Å². The van der Waals surface area contributed by atoms with Crippen LogP contribution in [0.25, 0.3) is 122 Å². The van der Waals surface area contributed by atoms with Crippen molar-refractivity contribution in [2.45, 2.75) is 0 Å². The molecule has 0 aliphatic rings. The van der Waals surface area contributed by atoms with Gasteiger partial charge in [-0.25, -0.2) is 0 Å². The third-order valence-electron chi connectivity index (χ3n) is 12.6. The van der Waals surface area contributed by atoms with E-state index >= 15 is 0 Å². The molecule has 10 aromatic carbocycles. The van der Waals surface area contributed by atoms with Gasteiger partial charge >= 0.3 is 0 Å². The van der Waals surface area contributed by atoms with E-state index in [1.807, 2.05) is 12.2 Å². The van der Waals surface area contributed by atoms with Crippen LogP contribution in [0, 0.1) is 0 Å². The molecule has 2 heteroatoms.